The maximum Gasteiger partial charge on any atom is 0.0564 e. The van der Waals surface area contributed by atoms with Gasteiger partial charge in [-0.3, -0.25) is 4.99 Å². The van der Waals surface area contributed by atoms with Gasteiger partial charge in [-0.2, -0.15) is 0 Å². The third-order valence-corrected chi connectivity index (χ3v) is 2.56. The highest BCUT2D eigenvalue weighted by Gasteiger charge is 2.04. The second-order valence-corrected chi connectivity index (χ2v) is 3.59. The Hall–Kier alpha value is -1.51. The van der Waals surface area contributed by atoms with Crippen LogP contribution >= 0.6 is 0 Å². The maximum atomic E-state index is 4.37. The number of nitrogens with one attached hydrogen (secondary N) is 1. The van der Waals surface area contributed by atoms with E-state index in [1.54, 1.807) is 0 Å². The molecule has 2 heterocycles. The van der Waals surface area contributed by atoms with Crippen molar-refractivity contribution in [1.29, 1.82) is 0 Å². The Morgan fingerprint density at radius 1 is 1.50 bits per heavy atom. The number of rotatable bonds is 0. The monoisotopic (exact) mass is 189 g/mol. The fourth-order valence-corrected chi connectivity index (χ4v) is 1.50. The number of hydrogen-bond donors (Lipinski definition) is 1. The van der Waals surface area contributed by atoms with Gasteiger partial charge in [-0.15, -0.1) is 0 Å². The molecule has 1 aromatic heterocycles. The quantitative estimate of drug-likeness (QED) is 0.662. The molecule has 0 atom stereocenters. The lowest BCUT2D eigenvalue weighted by molar-refractivity contribution is 0.434. The van der Waals surface area contributed by atoms with Crippen molar-refractivity contribution < 1.29 is 0 Å². The Morgan fingerprint density at radius 2 is 2.36 bits per heavy atom. The molecule has 0 aliphatic carbocycles. The lowest BCUT2D eigenvalue weighted by Gasteiger charge is -2.17. The molecule has 0 spiro atoms. The van der Waals surface area contributed by atoms with Crippen molar-refractivity contribution in [3.05, 3.63) is 29.2 Å². The van der Waals surface area contributed by atoms with Crippen molar-refractivity contribution in [2.24, 2.45) is 4.99 Å². The molecule has 0 saturated carbocycles. The molecular formula is C11H15N3. The SMILES string of the molecule is C/C1=C\c2[nH]ccc2/C=N\CCN1C. The average molecular weight is 189 g/mol. The number of H-pyrrole nitrogens is 1. The molecule has 1 aromatic rings. The molecule has 0 bridgehead atoms. The van der Waals surface area contributed by atoms with E-state index in [0.29, 0.717) is 0 Å². The van der Waals surface area contributed by atoms with E-state index in [9.17, 15) is 0 Å². The lowest BCUT2D eigenvalue weighted by atomic mass is 10.2. The van der Waals surface area contributed by atoms with Crippen LogP contribution in [-0.4, -0.2) is 36.2 Å². The van der Waals surface area contributed by atoms with Crippen LogP contribution in [0.4, 0.5) is 0 Å². The number of aromatic nitrogens is 1. The first-order chi connectivity index (χ1) is 6.77. The van der Waals surface area contributed by atoms with Gasteiger partial charge in [-0.25, -0.2) is 0 Å². The van der Waals surface area contributed by atoms with Gasteiger partial charge < -0.3 is 9.88 Å². The van der Waals surface area contributed by atoms with Crippen LogP contribution in [0, 0.1) is 0 Å². The molecular weight excluding hydrogens is 174 g/mol. The van der Waals surface area contributed by atoms with E-state index in [4.69, 9.17) is 0 Å². The summed E-state index contributed by atoms with van der Waals surface area (Å²) in [5, 5.41) is 0. The summed E-state index contributed by atoms with van der Waals surface area (Å²) < 4.78 is 0. The zero-order chi connectivity index (χ0) is 9.97. The van der Waals surface area contributed by atoms with Crippen molar-refractivity contribution in [3.63, 3.8) is 0 Å². The Labute approximate surface area is 84.2 Å². The second-order valence-electron chi connectivity index (χ2n) is 3.59. The average Bonchev–Trinajstić information content (AvgIpc) is 2.59. The van der Waals surface area contributed by atoms with Crippen LogP contribution in [0.2, 0.25) is 0 Å². The summed E-state index contributed by atoms with van der Waals surface area (Å²) in [7, 11) is 2.09. The van der Waals surface area contributed by atoms with Crippen LogP contribution in [-0.2, 0) is 0 Å². The molecule has 0 amide bonds. The fraction of sp³-hybridized carbons (Fsp3) is 0.364. The molecule has 0 fully saturated rings. The minimum atomic E-state index is 0.853. The molecule has 1 aliphatic rings. The smallest absolute Gasteiger partial charge is 0.0564 e. The van der Waals surface area contributed by atoms with E-state index in [-0.39, 0.29) is 0 Å². The summed E-state index contributed by atoms with van der Waals surface area (Å²) in [5.41, 5.74) is 3.57. The summed E-state index contributed by atoms with van der Waals surface area (Å²) in [6, 6.07) is 2.05. The highest BCUT2D eigenvalue weighted by Crippen LogP contribution is 2.12. The number of aliphatic imine (C=N–C) groups is 1. The van der Waals surface area contributed by atoms with E-state index in [2.05, 4.69) is 34.9 Å². The van der Waals surface area contributed by atoms with Gasteiger partial charge in [-0.05, 0) is 19.1 Å². The number of likely N-dealkylation sites (N-methyl/N-ethyl adjacent to an activating group) is 1. The van der Waals surface area contributed by atoms with Crippen LogP contribution in [0.5, 0.6) is 0 Å². The predicted molar refractivity (Wildman–Crippen MR) is 59.5 cm³/mol. The molecule has 14 heavy (non-hydrogen) atoms. The highest BCUT2D eigenvalue weighted by molar-refractivity contribution is 5.84. The molecule has 0 radical (unpaired) electrons. The molecule has 0 saturated heterocycles. The summed E-state index contributed by atoms with van der Waals surface area (Å²) >= 11 is 0. The summed E-state index contributed by atoms with van der Waals surface area (Å²) in [4.78, 5) is 9.79. The zero-order valence-corrected chi connectivity index (χ0v) is 8.62. The molecule has 3 heteroatoms. The molecule has 2 rings (SSSR count). The predicted octanol–water partition coefficient (Wildman–Crippen LogP) is 1.74. The standard InChI is InChI=1S/C11H15N3/c1-9-7-11-10(3-4-13-11)8-12-5-6-14(9)2/h3-4,7-8,13H,5-6H2,1-2H3/b9-7+,12-8-. The zero-order valence-electron chi connectivity index (χ0n) is 8.62. The van der Waals surface area contributed by atoms with E-state index < -0.39 is 0 Å². The first-order valence-corrected chi connectivity index (χ1v) is 4.84. The van der Waals surface area contributed by atoms with Crippen molar-refractivity contribution in [1.82, 2.24) is 9.88 Å². The van der Waals surface area contributed by atoms with Crippen LogP contribution in [0.1, 0.15) is 18.2 Å². The molecule has 0 unspecified atom stereocenters. The van der Waals surface area contributed by atoms with Gasteiger partial charge in [0, 0.05) is 43.0 Å². The minimum Gasteiger partial charge on any atom is -0.376 e. The summed E-state index contributed by atoms with van der Waals surface area (Å²) in [5.74, 6) is 0. The van der Waals surface area contributed by atoms with Gasteiger partial charge in [0.05, 0.1) is 6.54 Å². The summed E-state index contributed by atoms with van der Waals surface area (Å²) in [6.45, 7) is 3.95. The highest BCUT2D eigenvalue weighted by atomic mass is 15.1. The van der Waals surface area contributed by atoms with E-state index in [1.165, 1.54) is 11.3 Å². The first-order valence-electron chi connectivity index (χ1n) is 4.84. The lowest BCUT2D eigenvalue weighted by Crippen LogP contribution is -2.19. The Morgan fingerprint density at radius 3 is 3.21 bits per heavy atom. The number of fused-ring (bicyclic) bond motifs is 1. The van der Waals surface area contributed by atoms with Gasteiger partial charge in [0.25, 0.3) is 0 Å². The van der Waals surface area contributed by atoms with Crippen molar-refractivity contribution >= 4 is 12.3 Å². The minimum absolute atomic E-state index is 0.853. The van der Waals surface area contributed by atoms with Crippen molar-refractivity contribution in [2.45, 2.75) is 6.92 Å². The van der Waals surface area contributed by atoms with Crippen LogP contribution < -0.4 is 0 Å². The van der Waals surface area contributed by atoms with Gasteiger partial charge >= 0.3 is 0 Å². The maximum absolute atomic E-state index is 4.37. The van der Waals surface area contributed by atoms with Gasteiger partial charge in [0.1, 0.15) is 0 Å². The summed E-state index contributed by atoms with van der Waals surface area (Å²) in [6.07, 6.45) is 6.05. The molecule has 1 aliphatic heterocycles. The van der Waals surface area contributed by atoms with E-state index in [0.717, 1.165) is 18.8 Å². The number of nitrogens with zero attached hydrogens (tertiary/aromatic N) is 2. The normalized spacial score (nSPS) is 22.7. The van der Waals surface area contributed by atoms with Crippen molar-refractivity contribution in [2.75, 3.05) is 20.1 Å². The largest absolute Gasteiger partial charge is 0.376 e. The number of allylic oxidation sites excluding steroid dienone is 1. The van der Waals surface area contributed by atoms with Gasteiger partial charge in [-0.1, -0.05) is 0 Å². The molecule has 1 N–H and O–H groups in total. The third kappa shape index (κ3) is 1.71. The molecule has 74 valence electrons. The van der Waals surface area contributed by atoms with Gasteiger partial charge in [0.15, 0.2) is 0 Å². The Balaban J connectivity index is 2.42. The fourth-order valence-electron chi connectivity index (χ4n) is 1.50. The second kappa shape index (κ2) is 3.70. The van der Waals surface area contributed by atoms with E-state index in [1.807, 2.05) is 18.5 Å². The number of hydrogen-bond acceptors (Lipinski definition) is 2. The Kier molecular flexibility index (Phi) is 2.39. The first kappa shape index (κ1) is 9.06. The van der Waals surface area contributed by atoms with Crippen LogP contribution in [0.3, 0.4) is 0 Å². The topological polar surface area (TPSA) is 31.4 Å². The van der Waals surface area contributed by atoms with E-state index >= 15 is 0 Å². The van der Waals surface area contributed by atoms with Gasteiger partial charge in [0.2, 0.25) is 0 Å². The van der Waals surface area contributed by atoms with Crippen LogP contribution in [0.15, 0.2) is 23.0 Å². The third-order valence-electron chi connectivity index (χ3n) is 2.56. The van der Waals surface area contributed by atoms with Crippen LogP contribution in [0.25, 0.3) is 6.08 Å². The Bertz CT molecular complexity index is 374. The molecule has 0 aromatic carbocycles. The number of aromatic amines is 1. The molecule has 3 nitrogen and oxygen atoms in total. The van der Waals surface area contributed by atoms with Crippen molar-refractivity contribution in [3.8, 4) is 0 Å².